The summed E-state index contributed by atoms with van der Waals surface area (Å²) < 4.78 is 0. The van der Waals surface area contributed by atoms with Crippen molar-refractivity contribution in [1.82, 2.24) is 0 Å². The van der Waals surface area contributed by atoms with Crippen molar-refractivity contribution >= 4 is 19.3 Å². The summed E-state index contributed by atoms with van der Waals surface area (Å²) in [4.78, 5) is 22.4. The van der Waals surface area contributed by atoms with Gasteiger partial charge in [-0.3, -0.25) is 4.79 Å². The topological polar surface area (TPSA) is 34.1 Å². The maximum atomic E-state index is 11.8. The molecule has 0 fully saturated rings. The average Bonchev–Trinajstić information content (AvgIpc) is 2.03. The summed E-state index contributed by atoms with van der Waals surface area (Å²) in [6.45, 7) is 6.03. The highest BCUT2D eigenvalue weighted by Gasteiger charge is 2.30. The van der Waals surface area contributed by atoms with Gasteiger partial charge in [-0.1, -0.05) is 33.6 Å². The molecule has 0 atom stereocenters. The van der Waals surface area contributed by atoms with Crippen LogP contribution in [0.3, 0.4) is 0 Å². The van der Waals surface area contributed by atoms with Crippen molar-refractivity contribution in [3.8, 4) is 0 Å². The van der Waals surface area contributed by atoms with Crippen LogP contribution in [0.4, 0.5) is 0 Å². The van der Waals surface area contributed by atoms with Crippen LogP contribution in [0.25, 0.3) is 0 Å². The Morgan fingerprint density at radius 1 is 1.14 bits per heavy atom. The number of carbonyl (C=O) groups is 2. The highest BCUT2D eigenvalue weighted by atomic mass is 16.1. The molecule has 0 unspecified atom stereocenters. The van der Waals surface area contributed by atoms with Gasteiger partial charge in [0.1, 0.15) is 5.78 Å². The lowest BCUT2D eigenvalue weighted by Crippen LogP contribution is -2.29. The quantitative estimate of drug-likeness (QED) is 0.460. The first-order chi connectivity index (χ1) is 6.46. The predicted molar refractivity (Wildman–Crippen MR) is 58.3 cm³/mol. The first kappa shape index (κ1) is 13.4. The van der Waals surface area contributed by atoms with Gasteiger partial charge in [0.25, 0.3) is 0 Å². The molecule has 0 bridgehead atoms. The molecule has 0 spiro atoms. The van der Waals surface area contributed by atoms with Crippen LogP contribution in [0, 0.1) is 5.41 Å². The molecule has 0 amide bonds. The zero-order valence-electron chi connectivity index (χ0n) is 9.43. The van der Waals surface area contributed by atoms with Crippen molar-refractivity contribution in [2.45, 2.75) is 52.9 Å². The van der Waals surface area contributed by atoms with Gasteiger partial charge >= 0.3 is 0 Å². The Balaban J connectivity index is 4.46. The Morgan fingerprint density at radius 3 is 1.86 bits per heavy atom. The van der Waals surface area contributed by atoms with E-state index in [0.29, 0.717) is 0 Å². The third-order valence-electron chi connectivity index (χ3n) is 2.61. The number of hydrogen-bond acceptors (Lipinski definition) is 2. The van der Waals surface area contributed by atoms with Crippen LogP contribution in [-0.2, 0) is 9.59 Å². The predicted octanol–water partition coefficient (Wildman–Crippen LogP) is 2.25. The van der Waals surface area contributed by atoms with Crippen molar-refractivity contribution in [3.05, 3.63) is 0 Å². The standard InChI is InChI=1S/C11H19BO2/c1-4-6-11(3,7-5-2)9(13)8-10(12)14/h4-8H2,1-3H3. The fourth-order valence-electron chi connectivity index (χ4n) is 1.88. The van der Waals surface area contributed by atoms with E-state index in [1.54, 1.807) is 0 Å². The molecule has 0 aliphatic heterocycles. The number of Topliss-reactive ketones (excluding diaryl/α,β-unsaturated/α-hetero) is 1. The number of hydrogen-bond donors (Lipinski definition) is 0. The summed E-state index contributed by atoms with van der Waals surface area (Å²) in [6, 6.07) is 0. The minimum Gasteiger partial charge on any atom is -0.312 e. The van der Waals surface area contributed by atoms with Crippen molar-refractivity contribution < 1.29 is 9.59 Å². The average molecular weight is 194 g/mol. The molecular formula is C11H19BO2. The van der Waals surface area contributed by atoms with E-state index in [1.807, 2.05) is 20.8 Å². The third kappa shape index (κ3) is 4.08. The van der Waals surface area contributed by atoms with Gasteiger partial charge in [-0.25, -0.2) is 0 Å². The summed E-state index contributed by atoms with van der Waals surface area (Å²) in [5.74, 6) is -0.00583. The normalized spacial score (nSPS) is 11.4. The molecule has 14 heavy (non-hydrogen) atoms. The summed E-state index contributed by atoms with van der Waals surface area (Å²) in [5, 5.41) is 0. The monoisotopic (exact) mass is 194 g/mol. The Morgan fingerprint density at radius 2 is 1.57 bits per heavy atom. The zero-order valence-corrected chi connectivity index (χ0v) is 9.43. The Labute approximate surface area is 87.9 Å². The van der Waals surface area contributed by atoms with Gasteiger partial charge in [0, 0.05) is 5.41 Å². The van der Waals surface area contributed by atoms with Crippen LogP contribution in [0.2, 0.25) is 0 Å². The van der Waals surface area contributed by atoms with E-state index in [0.717, 1.165) is 25.7 Å². The molecule has 0 saturated heterocycles. The van der Waals surface area contributed by atoms with E-state index < -0.39 is 5.68 Å². The highest BCUT2D eigenvalue weighted by Crippen LogP contribution is 2.31. The molecule has 0 aliphatic rings. The van der Waals surface area contributed by atoms with Crippen molar-refractivity contribution in [3.63, 3.8) is 0 Å². The maximum absolute atomic E-state index is 11.8. The molecule has 0 aromatic rings. The summed E-state index contributed by atoms with van der Waals surface area (Å²) >= 11 is 0. The van der Waals surface area contributed by atoms with Crippen LogP contribution in [0.15, 0.2) is 0 Å². The molecule has 0 saturated carbocycles. The Hall–Kier alpha value is -0.595. The lowest BCUT2D eigenvalue weighted by atomic mass is 9.74. The fourth-order valence-corrected chi connectivity index (χ4v) is 1.88. The minimum atomic E-state index is -0.520. The molecule has 78 valence electrons. The molecule has 2 nitrogen and oxygen atoms in total. The SMILES string of the molecule is [B]C(=O)CC(=O)C(C)(CCC)CCC. The van der Waals surface area contributed by atoms with Crippen molar-refractivity contribution in [2.75, 3.05) is 0 Å². The zero-order chi connectivity index (χ0) is 11.2. The minimum absolute atomic E-state index is 0.00583. The summed E-state index contributed by atoms with van der Waals surface area (Å²) in [5.41, 5.74) is -0.869. The van der Waals surface area contributed by atoms with Crippen LogP contribution < -0.4 is 0 Å². The molecule has 0 N–H and O–H groups in total. The first-order valence-corrected chi connectivity index (χ1v) is 5.28. The van der Waals surface area contributed by atoms with E-state index in [1.165, 1.54) is 0 Å². The molecule has 0 aromatic heterocycles. The highest BCUT2D eigenvalue weighted by molar-refractivity contribution is 6.59. The second-order valence-electron chi connectivity index (χ2n) is 4.13. The van der Waals surface area contributed by atoms with E-state index in [4.69, 9.17) is 7.85 Å². The number of ketones is 1. The fraction of sp³-hybridized carbons (Fsp3) is 0.818. The smallest absolute Gasteiger partial charge is 0.168 e. The van der Waals surface area contributed by atoms with Crippen LogP contribution in [0.5, 0.6) is 0 Å². The second-order valence-corrected chi connectivity index (χ2v) is 4.13. The lowest BCUT2D eigenvalue weighted by molar-refractivity contribution is -0.131. The van der Waals surface area contributed by atoms with Crippen molar-refractivity contribution in [2.24, 2.45) is 5.41 Å². The molecule has 0 heterocycles. The molecule has 3 heteroatoms. The summed E-state index contributed by atoms with van der Waals surface area (Å²) in [6.07, 6.45) is 3.48. The van der Waals surface area contributed by atoms with E-state index in [9.17, 15) is 9.59 Å². The Bertz CT molecular complexity index is 205. The van der Waals surface area contributed by atoms with Crippen LogP contribution >= 0.6 is 0 Å². The molecule has 0 aromatic carbocycles. The first-order valence-electron chi connectivity index (χ1n) is 5.28. The number of carbonyl (C=O) groups excluding carboxylic acids is 2. The third-order valence-corrected chi connectivity index (χ3v) is 2.61. The van der Waals surface area contributed by atoms with Gasteiger partial charge in [0.15, 0.2) is 7.85 Å². The van der Waals surface area contributed by atoms with Gasteiger partial charge in [0.2, 0.25) is 0 Å². The molecule has 2 radical (unpaired) electrons. The second kappa shape index (κ2) is 6.00. The van der Waals surface area contributed by atoms with Gasteiger partial charge in [-0.15, -0.1) is 0 Å². The number of rotatable bonds is 7. The molecule has 0 aliphatic carbocycles. The van der Waals surface area contributed by atoms with Crippen LogP contribution in [-0.4, -0.2) is 19.3 Å². The van der Waals surface area contributed by atoms with Gasteiger partial charge in [-0.05, 0) is 12.8 Å². The summed E-state index contributed by atoms with van der Waals surface area (Å²) in [7, 11) is 5.02. The molecule has 0 rings (SSSR count). The van der Waals surface area contributed by atoms with E-state index >= 15 is 0 Å². The maximum Gasteiger partial charge on any atom is 0.168 e. The molecular weight excluding hydrogens is 175 g/mol. The largest absolute Gasteiger partial charge is 0.312 e. The van der Waals surface area contributed by atoms with Gasteiger partial charge in [0.05, 0.1) is 12.1 Å². The van der Waals surface area contributed by atoms with Crippen molar-refractivity contribution in [1.29, 1.82) is 0 Å². The van der Waals surface area contributed by atoms with E-state index in [2.05, 4.69) is 0 Å². The van der Waals surface area contributed by atoms with Gasteiger partial charge in [-0.2, -0.15) is 0 Å². The van der Waals surface area contributed by atoms with E-state index in [-0.39, 0.29) is 17.6 Å². The Kier molecular flexibility index (Phi) is 5.74. The van der Waals surface area contributed by atoms with Gasteiger partial charge < -0.3 is 4.79 Å². The van der Waals surface area contributed by atoms with Crippen LogP contribution in [0.1, 0.15) is 52.9 Å². The lowest BCUT2D eigenvalue weighted by Gasteiger charge is -2.27.